The van der Waals surface area contributed by atoms with Crippen molar-refractivity contribution in [2.24, 2.45) is 17.3 Å². The van der Waals surface area contributed by atoms with Gasteiger partial charge in [-0.2, -0.15) is 0 Å². The van der Waals surface area contributed by atoms with Gasteiger partial charge in [0.05, 0.1) is 0 Å². The lowest BCUT2D eigenvalue weighted by atomic mass is 9.77. The Kier molecular flexibility index (Phi) is 6.47. The van der Waals surface area contributed by atoms with Crippen molar-refractivity contribution in [3.8, 4) is 0 Å². The molecule has 1 unspecified atom stereocenters. The number of hydrogen-bond donors (Lipinski definition) is 0. The van der Waals surface area contributed by atoms with Crippen molar-refractivity contribution >= 4 is 0 Å². The lowest BCUT2D eigenvalue weighted by molar-refractivity contribution is 0.203. The second-order valence-electron chi connectivity index (χ2n) is 6.15. The van der Waals surface area contributed by atoms with E-state index in [1.54, 1.807) is 0 Å². The van der Waals surface area contributed by atoms with Crippen LogP contribution in [0.3, 0.4) is 0 Å². The van der Waals surface area contributed by atoms with Crippen molar-refractivity contribution in [2.75, 3.05) is 0 Å². The predicted molar refractivity (Wildman–Crippen MR) is 66.8 cm³/mol. The minimum absolute atomic E-state index is 0.183. The Labute approximate surface area is 95.6 Å². The average Bonchev–Trinajstić information content (AvgIpc) is 2.11. The van der Waals surface area contributed by atoms with Gasteiger partial charge in [-0.1, -0.05) is 54.4 Å². The fourth-order valence-electron chi connectivity index (χ4n) is 1.54. The molecule has 0 nitrogen and oxygen atoms in total. The minimum Gasteiger partial charge on any atom is -0.247 e. The van der Waals surface area contributed by atoms with Crippen molar-refractivity contribution in [3.05, 3.63) is 0 Å². The maximum absolute atomic E-state index is 13.3. The molecule has 0 heterocycles. The Morgan fingerprint density at radius 3 is 1.93 bits per heavy atom. The third kappa shape index (κ3) is 6.17. The molecule has 0 aromatic heterocycles. The minimum atomic E-state index is -0.604. The molecule has 0 N–H and O–H groups in total. The van der Waals surface area contributed by atoms with Crippen LogP contribution >= 0.6 is 0 Å². The maximum Gasteiger partial charge on any atom is 0.102 e. The van der Waals surface area contributed by atoms with Crippen LogP contribution in [-0.2, 0) is 0 Å². The molecule has 0 spiro atoms. The molecule has 0 aromatic rings. The van der Waals surface area contributed by atoms with Gasteiger partial charge in [0.25, 0.3) is 0 Å². The van der Waals surface area contributed by atoms with Gasteiger partial charge < -0.3 is 0 Å². The number of unbranched alkanes of at least 4 members (excludes halogenated alkanes) is 1. The lowest BCUT2D eigenvalue weighted by Gasteiger charge is -2.29. The summed E-state index contributed by atoms with van der Waals surface area (Å²) in [5, 5.41) is 0. The van der Waals surface area contributed by atoms with Crippen LogP contribution in [0, 0.1) is 17.3 Å². The molecule has 1 atom stereocenters. The number of hydrogen-bond acceptors (Lipinski definition) is 0. The van der Waals surface area contributed by atoms with Gasteiger partial charge in [0, 0.05) is 0 Å². The zero-order valence-corrected chi connectivity index (χ0v) is 11.4. The van der Waals surface area contributed by atoms with Crippen LogP contribution in [0.25, 0.3) is 0 Å². The molecule has 0 radical (unpaired) electrons. The molecule has 0 aromatic carbocycles. The van der Waals surface area contributed by atoms with E-state index in [1.807, 2.05) is 13.8 Å². The van der Waals surface area contributed by atoms with Crippen LogP contribution in [0.2, 0.25) is 0 Å². The molecule has 0 rings (SSSR count). The van der Waals surface area contributed by atoms with Crippen LogP contribution in [-0.4, -0.2) is 6.17 Å². The zero-order chi connectivity index (χ0) is 12.1. The Morgan fingerprint density at radius 2 is 1.53 bits per heavy atom. The van der Waals surface area contributed by atoms with Gasteiger partial charge in [0.15, 0.2) is 0 Å². The van der Waals surface area contributed by atoms with Crippen LogP contribution in [0.5, 0.6) is 0 Å². The Balaban J connectivity index is 3.63. The summed E-state index contributed by atoms with van der Waals surface area (Å²) in [6, 6.07) is 0. The smallest absolute Gasteiger partial charge is 0.102 e. The molecular weight excluding hydrogens is 187 g/mol. The third-order valence-electron chi connectivity index (χ3n) is 3.84. The van der Waals surface area contributed by atoms with Crippen LogP contribution in [0.15, 0.2) is 0 Å². The summed E-state index contributed by atoms with van der Waals surface area (Å²) in [6.45, 7) is 13.1. The molecule has 0 fully saturated rings. The summed E-state index contributed by atoms with van der Waals surface area (Å²) < 4.78 is 13.3. The van der Waals surface area contributed by atoms with Gasteiger partial charge in [-0.15, -0.1) is 0 Å². The Bertz CT molecular complexity index is 159. The van der Waals surface area contributed by atoms with Crippen molar-refractivity contribution in [3.63, 3.8) is 0 Å². The molecule has 92 valence electrons. The van der Waals surface area contributed by atoms with Gasteiger partial charge in [0.1, 0.15) is 6.17 Å². The van der Waals surface area contributed by atoms with Crippen LogP contribution < -0.4 is 0 Å². The fraction of sp³-hybridized carbons (Fsp3) is 1.00. The number of alkyl halides is 1. The summed E-state index contributed by atoms with van der Waals surface area (Å²) in [7, 11) is 0. The molecule has 0 amide bonds. The van der Waals surface area contributed by atoms with Crippen molar-refractivity contribution in [1.82, 2.24) is 0 Å². The topological polar surface area (TPSA) is 0 Å². The second kappa shape index (κ2) is 6.50. The van der Waals surface area contributed by atoms with E-state index in [9.17, 15) is 4.39 Å². The maximum atomic E-state index is 13.3. The van der Waals surface area contributed by atoms with E-state index in [0.29, 0.717) is 11.3 Å². The molecular formula is C14H29F. The van der Waals surface area contributed by atoms with Gasteiger partial charge in [-0.25, -0.2) is 4.39 Å². The van der Waals surface area contributed by atoms with Crippen LogP contribution in [0.4, 0.5) is 4.39 Å². The number of halogens is 1. The fourth-order valence-corrected chi connectivity index (χ4v) is 1.54. The second-order valence-corrected chi connectivity index (χ2v) is 6.15. The molecule has 15 heavy (non-hydrogen) atoms. The van der Waals surface area contributed by atoms with E-state index in [-0.39, 0.29) is 5.92 Å². The molecule has 0 bridgehead atoms. The largest absolute Gasteiger partial charge is 0.247 e. The van der Waals surface area contributed by atoms with Gasteiger partial charge in [-0.05, 0) is 30.1 Å². The summed E-state index contributed by atoms with van der Waals surface area (Å²) in [6.07, 6.45) is 3.56. The monoisotopic (exact) mass is 216 g/mol. The summed E-state index contributed by atoms with van der Waals surface area (Å²) in [5.41, 5.74) is 0.406. The highest BCUT2D eigenvalue weighted by atomic mass is 19.1. The lowest BCUT2D eigenvalue weighted by Crippen LogP contribution is -2.19. The molecule has 0 aliphatic carbocycles. The highest BCUT2D eigenvalue weighted by Gasteiger charge is 2.21. The van der Waals surface area contributed by atoms with E-state index < -0.39 is 6.17 Å². The normalized spacial score (nSPS) is 15.0. The molecule has 1 heteroatoms. The van der Waals surface area contributed by atoms with Crippen LogP contribution in [0.1, 0.15) is 67.2 Å². The molecule has 0 aliphatic rings. The molecule has 0 saturated carbocycles. The van der Waals surface area contributed by atoms with Crippen molar-refractivity contribution in [2.45, 2.75) is 73.4 Å². The highest BCUT2D eigenvalue weighted by Crippen LogP contribution is 2.32. The first-order valence-corrected chi connectivity index (χ1v) is 6.41. The van der Waals surface area contributed by atoms with Gasteiger partial charge in [0.2, 0.25) is 0 Å². The van der Waals surface area contributed by atoms with E-state index >= 15 is 0 Å². The van der Waals surface area contributed by atoms with E-state index in [2.05, 4.69) is 27.7 Å². The molecule has 0 saturated heterocycles. The first kappa shape index (κ1) is 14.9. The third-order valence-corrected chi connectivity index (χ3v) is 3.84. The SMILES string of the molecule is CC(C)C(F)CCCCC(C)(C)C(C)C. The van der Waals surface area contributed by atoms with Crippen molar-refractivity contribution < 1.29 is 4.39 Å². The summed E-state index contributed by atoms with van der Waals surface area (Å²) >= 11 is 0. The molecule has 0 aliphatic heterocycles. The average molecular weight is 216 g/mol. The van der Waals surface area contributed by atoms with Crippen molar-refractivity contribution in [1.29, 1.82) is 0 Å². The predicted octanol–water partition coefficient (Wildman–Crippen LogP) is 5.22. The van der Waals surface area contributed by atoms with Gasteiger partial charge in [-0.3, -0.25) is 0 Å². The quantitative estimate of drug-likeness (QED) is 0.512. The highest BCUT2D eigenvalue weighted by molar-refractivity contribution is 4.72. The summed E-state index contributed by atoms with van der Waals surface area (Å²) in [5.74, 6) is 0.895. The summed E-state index contributed by atoms with van der Waals surface area (Å²) in [4.78, 5) is 0. The van der Waals surface area contributed by atoms with E-state index in [1.165, 1.54) is 12.8 Å². The number of rotatable bonds is 7. The van der Waals surface area contributed by atoms with E-state index in [4.69, 9.17) is 0 Å². The standard InChI is InChI=1S/C14H29F/c1-11(2)13(15)9-7-8-10-14(5,6)12(3)4/h11-13H,7-10H2,1-6H3. The van der Waals surface area contributed by atoms with Gasteiger partial charge >= 0.3 is 0 Å². The first-order valence-electron chi connectivity index (χ1n) is 6.41. The zero-order valence-electron chi connectivity index (χ0n) is 11.4. The Morgan fingerprint density at radius 1 is 1.00 bits per heavy atom. The first-order chi connectivity index (χ1) is 6.77. The van der Waals surface area contributed by atoms with E-state index in [0.717, 1.165) is 12.8 Å². The Hall–Kier alpha value is -0.0700.